The fraction of sp³-hybridized carbons (Fsp3) is 0.647. The second-order valence-electron chi connectivity index (χ2n) is 6.60. The number of halogens is 2. The van der Waals surface area contributed by atoms with Crippen molar-refractivity contribution in [3.05, 3.63) is 29.8 Å². The number of hydrogen-bond donors (Lipinski definition) is 2. The lowest BCUT2D eigenvalue weighted by atomic mass is 9.82. The summed E-state index contributed by atoms with van der Waals surface area (Å²) in [6, 6.07) is 6.82. The van der Waals surface area contributed by atoms with Crippen LogP contribution in [0, 0.1) is 0 Å². The number of hydrogen-bond acceptors (Lipinski definition) is 5. The third-order valence-electron chi connectivity index (χ3n) is 4.94. The van der Waals surface area contributed by atoms with E-state index < -0.39 is 18.8 Å². The van der Waals surface area contributed by atoms with E-state index in [2.05, 4.69) is 9.64 Å². The molecule has 2 saturated heterocycles. The molecule has 2 aliphatic heterocycles. The van der Waals surface area contributed by atoms with Crippen LogP contribution in [0.4, 0.5) is 8.78 Å². The van der Waals surface area contributed by atoms with Crippen molar-refractivity contribution in [1.82, 2.24) is 4.90 Å². The Bertz CT molecular complexity index is 549. The van der Waals surface area contributed by atoms with Crippen LogP contribution < -0.4 is 4.74 Å². The van der Waals surface area contributed by atoms with Gasteiger partial charge in [0.05, 0.1) is 18.3 Å². The van der Waals surface area contributed by atoms with Crippen molar-refractivity contribution in [3.63, 3.8) is 0 Å². The van der Waals surface area contributed by atoms with Gasteiger partial charge in [-0.15, -0.1) is 0 Å². The summed E-state index contributed by atoms with van der Waals surface area (Å²) < 4.78 is 35.4. The van der Waals surface area contributed by atoms with Gasteiger partial charge in [0.25, 0.3) is 0 Å². The van der Waals surface area contributed by atoms with E-state index in [0.29, 0.717) is 13.0 Å². The molecule has 0 radical (unpaired) electrons. The van der Waals surface area contributed by atoms with Gasteiger partial charge in [-0.2, -0.15) is 8.78 Å². The summed E-state index contributed by atoms with van der Waals surface area (Å²) in [5.41, 5.74) is 0.350. The Kier molecular flexibility index (Phi) is 5.34. The van der Waals surface area contributed by atoms with Gasteiger partial charge in [0.2, 0.25) is 0 Å². The van der Waals surface area contributed by atoms with Gasteiger partial charge in [0.1, 0.15) is 11.9 Å². The first-order chi connectivity index (χ1) is 11.5. The van der Waals surface area contributed by atoms with Gasteiger partial charge in [0, 0.05) is 31.6 Å². The van der Waals surface area contributed by atoms with E-state index in [1.54, 1.807) is 24.3 Å². The van der Waals surface area contributed by atoms with E-state index in [9.17, 15) is 19.0 Å². The maximum atomic E-state index is 12.5. The third-order valence-corrected chi connectivity index (χ3v) is 4.94. The van der Waals surface area contributed by atoms with Crippen LogP contribution in [0.25, 0.3) is 0 Å². The molecular weight excluding hydrogens is 320 g/mol. The van der Waals surface area contributed by atoms with E-state index in [1.807, 2.05) is 0 Å². The van der Waals surface area contributed by atoms with Gasteiger partial charge in [-0.1, -0.05) is 18.2 Å². The largest absolute Gasteiger partial charge is 0.434 e. The summed E-state index contributed by atoms with van der Waals surface area (Å²) in [5, 5.41) is 19.5. The number of aliphatic hydroxyl groups excluding tert-OH is 2. The van der Waals surface area contributed by atoms with Crippen molar-refractivity contribution in [3.8, 4) is 5.75 Å². The van der Waals surface area contributed by atoms with E-state index >= 15 is 0 Å². The summed E-state index contributed by atoms with van der Waals surface area (Å²) >= 11 is 0. The third kappa shape index (κ3) is 4.03. The van der Waals surface area contributed by atoms with Crippen molar-refractivity contribution in [2.45, 2.75) is 50.2 Å². The standard InChI is InChI=1S/C17H23F2NO4/c18-16(19)24-15-4-2-1-3-12(15)10-20-7-5-17(6-8-20)9-13(21)14(22)11-23-17/h1-4,13-14,16,21-22H,5-11H2/t13-,14+/m1/s1. The summed E-state index contributed by atoms with van der Waals surface area (Å²) in [7, 11) is 0. The fourth-order valence-corrected chi connectivity index (χ4v) is 3.50. The molecule has 0 bridgehead atoms. The lowest BCUT2D eigenvalue weighted by Gasteiger charge is -2.46. The molecule has 0 amide bonds. The summed E-state index contributed by atoms with van der Waals surface area (Å²) in [5.74, 6) is 0.209. The van der Waals surface area contributed by atoms with Gasteiger partial charge < -0.3 is 19.7 Å². The highest BCUT2D eigenvalue weighted by Crippen LogP contribution is 2.36. The first kappa shape index (κ1) is 17.5. The highest BCUT2D eigenvalue weighted by Gasteiger charge is 2.42. The molecule has 0 saturated carbocycles. The molecule has 24 heavy (non-hydrogen) atoms. The molecule has 2 aliphatic rings. The van der Waals surface area contributed by atoms with E-state index in [1.165, 1.54) is 0 Å². The fourth-order valence-electron chi connectivity index (χ4n) is 3.50. The zero-order valence-electron chi connectivity index (χ0n) is 13.4. The Morgan fingerprint density at radius 2 is 1.92 bits per heavy atom. The molecule has 5 nitrogen and oxygen atoms in total. The van der Waals surface area contributed by atoms with Gasteiger partial charge in [-0.25, -0.2) is 0 Å². The summed E-state index contributed by atoms with van der Waals surface area (Å²) in [4.78, 5) is 2.17. The minimum absolute atomic E-state index is 0.159. The molecule has 0 aliphatic carbocycles. The zero-order valence-corrected chi connectivity index (χ0v) is 13.4. The molecule has 2 atom stereocenters. The second-order valence-corrected chi connectivity index (χ2v) is 6.60. The molecule has 7 heteroatoms. The first-order valence-electron chi connectivity index (χ1n) is 8.23. The summed E-state index contributed by atoms with van der Waals surface area (Å²) in [6.45, 7) is -0.659. The molecule has 134 valence electrons. The van der Waals surface area contributed by atoms with Crippen LogP contribution in [0.2, 0.25) is 0 Å². The average molecular weight is 343 g/mol. The number of nitrogens with zero attached hydrogens (tertiary/aromatic N) is 1. The highest BCUT2D eigenvalue weighted by atomic mass is 19.3. The number of para-hydroxylation sites is 1. The molecule has 1 aromatic rings. The smallest absolute Gasteiger partial charge is 0.387 e. The van der Waals surface area contributed by atoms with Crippen LogP contribution in [0.5, 0.6) is 5.75 Å². The number of piperidine rings is 1. The summed E-state index contributed by atoms with van der Waals surface area (Å²) in [6.07, 6.45) is 0.369. The molecule has 1 aromatic carbocycles. The number of benzene rings is 1. The second kappa shape index (κ2) is 7.31. The van der Waals surface area contributed by atoms with Gasteiger partial charge in [-0.05, 0) is 18.9 Å². The zero-order chi connectivity index (χ0) is 17.2. The Balaban J connectivity index is 1.58. The Morgan fingerprint density at radius 3 is 2.58 bits per heavy atom. The molecule has 3 rings (SSSR count). The molecular formula is C17H23F2NO4. The van der Waals surface area contributed by atoms with Gasteiger partial charge in [-0.3, -0.25) is 4.90 Å². The molecule has 2 fully saturated rings. The van der Waals surface area contributed by atoms with Crippen LogP contribution >= 0.6 is 0 Å². The number of ether oxygens (including phenoxy) is 2. The predicted octanol–water partition coefficient (Wildman–Crippen LogP) is 1.76. The maximum Gasteiger partial charge on any atom is 0.387 e. The highest BCUT2D eigenvalue weighted by molar-refractivity contribution is 5.33. The van der Waals surface area contributed by atoms with Crippen molar-refractivity contribution in [1.29, 1.82) is 0 Å². The quantitative estimate of drug-likeness (QED) is 0.872. The van der Waals surface area contributed by atoms with Crippen molar-refractivity contribution < 1.29 is 28.5 Å². The maximum absolute atomic E-state index is 12.5. The lowest BCUT2D eigenvalue weighted by Crippen LogP contribution is -2.54. The Labute approximate surface area is 139 Å². The van der Waals surface area contributed by atoms with Crippen molar-refractivity contribution >= 4 is 0 Å². The van der Waals surface area contributed by atoms with Crippen LogP contribution in [0.15, 0.2) is 24.3 Å². The van der Waals surface area contributed by atoms with E-state index in [-0.39, 0.29) is 18.0 Å². The molecule has 1 spiro atoms. The van der Waals surface area contributed by atoms with Crippen LogP contribution in [0.1, 0.15) is 24.8 Å². The first-order valence-corrected chi connectivity index (χ1v) is 8.23. The number of likely N-dealkylation sites (tertiary alicyclic amines) is 1. The van der Waals surface area contributed by atoms with Gasteiger partial charge >= 0.3 is 6.61 Å². The minimum Gasteiger partial charge on any atom is -0.434 e. The van der Waals surface area contributed by atoms with Crippen molar-refractivity contribution in [2.75, 3.05) is 19.7 Å². The average Bonchev–Trinajstić information content (AvgIpc) is 2.55. The SMILES string of the molecule is O[C@@H]1CC2(CCN(Cc3ccccc3OC(F)F)CC2)OC[C@@H]1O. The number of aliphatic hydroxyl groups is 2. The minimum atomic E-state index is -2.83. The van der Waals surface area contributed by atoms with Crippen LogP contribution in [-0.4, -0.2) is 59.2 Å². The molecule has 0 aromatic heterocycles. The molecule has 0 unspecified atom stereocenters. The molecule has 2 N–H and O–H groups in total. The van der Waals surface area contributed by atoms with Crippen LogP contribution in [0.3, 0.4) is 0 Å². The van der Waals surface area contributed by atoms with Crippen LogP contribution in [-0.2, 0) is 11.3 Å². The predicted molar refractivity (Wildman–Crippen MR) is 82.9 cm³/mol. The topological polar surface area (TPSA) is 62.2 Å². The molecule has 2 heterocycles. The van der Waals surface area contributed by atoms with E-state index in [4.69, 9.17) is 4.74 Å². The Hall–Kier alpha value is -1.28. The number of alkyl halides is 2. The lowest BCUT2D eigenvalue weighted by molar-refractivity contribution is -0.188. The normalized spacial score (nSPS) is 27.5. The van der Waals surface area contributed by atoms with E-state index in [0.717, 1.165) is 31.5 Å². The van der Waals surface area contributed by atoms with Gasteiger partial charge in [0.15, 0.2) is 0 Å². The monoisotopic (exact) mass is 343 g/mol. The Morgan fingerprint density at radius 1 is 1.21 bits per heavy atom. The van der Waals surface area contributed by atoms with Crippen molar-refractivity contribution in [2.24, 2.45) is 0 Å². The number of rotatable bonds is 4.